The maximum atomic E-state index is 13.0. The van der Waals surface area contributed by atoms with E-state index in [0.29, 0.717) is 11.4 Å². The Labute approximate surface area is 191 Å². The predicted molar refractivity (Wildman–Crippen MR) is 129 cm³/mol. The zero-order valence-electron chi connectivity index (χ0n) is 17.7. The lowest BCUT2D eigenvalue weighted by molar-refractivity contribution is -0.116. The third kappa shape index (κ3) is 5.30. The number of hydrogen-bond acceptors (Lipinski definition) is 4. The normalized spacial score (nSPS) is 12.2. The molecule has 168 valence electrons. The van der Waals surface area contributed by atoms with E-state index in [9.17, 15) is 17.6 Å². The highest BCUT2D eigenvalue weighted by Gasteiger charge is 2.16. The summed E-state index contributed by atoms with van der Waals surface area (Å²) in [4.78, 5) is 12.7. The van der Waals surface area contributed by atoms with Crippen LogP contribution in [0, 0.1) is 5.82 Å². The lowest BCUT2D eigenvalue weighted by Crippen LogP contribution is -2.31. The van der Waals surface area contributed by atoms with Crippen molar-refractivity contribution in [2.45, 2.75) is 17.9 Å². The fraction of sp³-hybridized carbons (Fsp3) is 0.0800. The van der Waals surface area contributed by atoms with Gasteiger partial charge in [-0.1, -0.05) is 36.4 Å². The van der Waals surface area contributed by atoms with E-state index < -0.39 is 21.9 Å². The van der Waals surface area contributed by atoms with Crippen molar-refractivity contribution in [1.82, 2.24) is 0 Å². The van der Waals surface area contributed by atoms with Crippen LogP contribution in [0.2, 0.25) is 0 Å². The second kappa shape index (κ2) is 9.30. The van der Waals surface area contributed by atoms with Crippen LogP contribution in [-0.4, -0.2) is 20.4 Å². The van der Waals surface area contributed by atoms with Crippen molar-refractivity contribution in [3.63, 3.8) is 0 Å². The van der Waals surface area contributed by atoms with Gasteiger partial charge in [-0.3, -0.25) is 9.52 Å². The summed E-state index contributed by atoms with van der Waals surface area (Å²) in [7, 11) is -3.83. The van der Waals surface area contributed by atoms with Gasteiger partial charge in [0.2, 0.25) is 5.91 Å². The summed E-state index contributed by atoms with van der Waals surface area (Å²) in [6.45, 7) is 1.74. The maximum absolute atomic E-state index is 13.0. The number of rotatable bonds is 7. The first kappa shape index (κ1) is 22.3. The Morgan fingerprint density at radius 3 is 2.18 bits per heavy atom. The molecule has 0 spiro atoms. The average Bonchev–Trinajstić information content (AvgIpc) is 2.80. The van der Waals surface area contributed by atoms with E-state index in [-0.39, 0.29) is 10.8 Å². The van der Waals surface area contributed by atoms with Gasteiger partial charge >= 0.3 is 0 Å². The number of sulfonamides is 1. The lowest BCUT2D eigenvalue weighted by atomic mass is 10.1. The summed E-state index contributed by atoms with van der Waals surface area (Å²) < 4.78 is 40.4. The molecule has 0 unspecified atom stereocenters. The molecule has 0 aliphatic rings. The standard InChI is InChI=1S/C25H22FN3O3S/c1-17(25(30)28-24-8-4-6-18-5-2-3-7-23(18)24)27-20-11-13-21(14-12-20)29-33(31,32)22-15-9-19(26)10-16-22/h2-17,27,29H,1H3,(H,28,30)/t17-/m0/s1. The van der Waals surface area contributed by atoms with Gasteiger partial charge in [-0.2, -0.15) is 0 Å². The second-order valence-electron chi connectivity index (χ2n) is 7.52. The highest BCUT2D eigenvalue weighted by atomic mass is 32.2. The molecular formula is C25H22FN3O3S. The average molecular weight is 464 g/mol. The van der Waals surface area contributed by atoms with E-state index in [4.69, 9.17) is 0 Å². The minimum absolute atomic E-state index is 0.0372. The third-order valence-electron chi connectivity index (χ3n) is 5.09. The fourth-order valence-corrected chi connectivity index (χ4v) is 4.41. The van der Waals surface area contributed by atoms with Crippen LogP contribution in [0.3, 0.4) is 0 Å². The summed E-state index contributed by atoms with van der Waals surface area (Å²) in [5.74, 6) is -0.713. The molecule has 0 saturated heterocycles. The Hall–Kier alpha value is -3.91. The quantitative estimate of drug-likeness (QED) is 0.351. The summed E-state index contributed by atoms with van der Waals surface area (Å²) in [6, 6.07) is 24.1. The Morgan fingerprint density at radius 2 is 1.45 bits per heavy atom. The fourth-order valence-electron chi connectivity index (χ4n) is 3.35. The number of halogens is 1. The van der Waals surface area contributed by atoms with Crippen molar-refractivity contribution in [1.29, 1.82) is 0 Å². The van der Waals surface area contributed by atoms with Crippen LogP contribution < -0.4 is 15.4 Å². The molecule has 1 amide bonds. The van der Waals surface area contributed by atoms with Gasteiger partial charge in [-0.15, -0.1) is 0 Å². The smallest absolute Gasteiger partial charge is 0.261 e. The minimum Gasteiger partial charge on any atom is -0.374 e. The van der Waals surface area contributed by atoms with Crippen LogP contribution in [0.1, 0.15) is 6.92 Å². The van der Waals surface area contributed by atoms with E-state index in [0.717, 1.165) is 28.6 Å². The first-order valence-electron chi connectivity index (χ1n) is 10.3. The molecule has 0 radical (unpaired) electrons. The topological polar surface area (TPSA) is 87.3 Å². The van der Waals surface area contributed by atoms with E-state index in [1.807, 2.05) is 42.5 Å². The number of nitrogens with one attached hydrogen (secondary N) is 3. The molecule has 1 atom stereocenters. The molecular weight excluding hydrogens is 441 g/mol. The van der Waals surface area contributed by atoms with Gasteiger partial charge in [0, 0.05) is 22.4 Å². The van der Waals surface area contributed by atoms with E-state index in [1.54, 1.807) is 31.2 Å². The summed E-state index contributed by atoms with van der Waals surface area (Å²) in [5, 5.41) is 8.05. The number of amides is 1. The van der Waals surface area contributed by atoms with Crippen molar-refractivity contribution in [2.24, 2.45) is 0 Å². The van der Waals surface area contributed by atoms with Gasteiger partial charge < -0.3 is 10.6 Å². The van der Waals surface area contributed by atoms with Gasteiger partial charge in [0.05, 0.1) is 4.90 Å². The molecule has 0 saturated carbocycles. The van der Waals surface area contributed by atoms with Crippen molar-refractivity contribution in [3.05, 3.63) is 96.8 Å². The number of anilines is 3. The Bertz CT molecular complexity index is 1380. The van der Waals surface area contributed by atoms with Crippen LogP contribution in [0.5, 0.6) is 0 Å². The highest BCUT2D eigenvalue weighted by Crippen LogP contribution is 2.24. The number of carbonyl (C=O) groups excluding carboxylic acids is 1. The van der Waals surface area contributed by atoms with E-state index in [1.165, 1.54) is 12.1 Å². The largest absolute Gasteiger partial charge is 0.374 e. The summed E-state index contributed by atoms with van der Waals surface area (Å²) in [5.41, 5.74) is 1.73. The third-order valence-corrected chi connectivity index (χ3v) is 6.48. The molecule has 4 rings (SSSR count). The van der Waals surface area contributed by atoms with Crippen LogP contribution in [0.4, 0.5) is 21.5 Å². The molecule has 0 aromatic heterocycles. The molecule has 0 heterocycles. The monoisotopic (exact) mass is 463 g/mol. The Morgan fingerprint density at radius 1 is 0.818 bits per heavy atom. The van der Waals surface area contributed by atoms with Gasteiger partial charge in [-0.25, -0.2) is 12.8 Å². The molecule has 4 aromatic rings. The van der Waals surface area contributed by atoms with Gasteiger partial charge in [0.1, 0.15) is 11.9 Å². The SMILES string of the molecule is C[C@H](Nc1ccc(NS(=O)(=O)c2ccc(F)cc2)cc1)C(=O)Nc1cccc2ccccc12. The van der Waals surface area contributed by atoms with Crippen molar-refractivity contribution < 1.29 is 17.6 Å². The van der Waals surface area contributed by atoms with E-state index >= 15 is 0 Å². The molecule has 4 aromatic carbocycles. The van der Waals surface area contributed by atoms with Crippen molar-refractivity contribution >= 4 is 43.8 Å². The predicted octanol–water partition coefficient (Wildman–Crippen LogP) is 5.22. The first-order valence-corrected chi connectivity index (χ1v) is 11.7. The molecule has 33 heavy (non-hydrogen) atoms. The number of fused-ring (bicyclic) bond motifs is 1. The zero-order chi connectivity index (χ0) is 23.4. The minimum atomic E-state index is -3.83. The van der Waals surface area contributed by atoms with Crippen molar-refractivity contribution in [2.75, 3.05) is 15.4 Å². The molecule has 0 aliphatic carbocycles. The molecule has 6 nitrogen and oxygen atoms in total. The van der Waals surface area contributed by atoms with Gasteiger partial charge in [0.15, 0.2) is 0 Å². The highest BCUT2D eigenvalue weighted by molar-refractivity contribution is 7.92. The van der Waals surface area contributed by atoms with Crippen LogP contribution in [0.15, 0.2) is 95.9 Å². The summed E-state index contributed by atoms with van der Waals surface area (Å²) in [6.07, 6.45) is 0. The van der Waals surface area contributed by atoms with E-state index in [2.05, 4.69) is 15.4 Å². The molecule has 0 fully saturated rings. The van der Waals surface area contributed by atoms with Crippen molar-refractivity contribution in [3.8, 4) is 0 Å². The van der Waals surface area contributed by atoms with Crippen LogP contribution in [-0.2, 0) is 14.8 Å². The second-order valence-corrected chi connectivity index (χ2v) is 9.20. The zero-order valence-corrected chi connectivity index (χ0v) is 18.6. The molecule has 0 bridgehead atoms. The number of benzene rings is 4. The molecule has 0 aliphatic heterocycles. The summed E-state index contributed by atoms with van der Waals surface area (Å²) >= 11 is 0. The van der Waals surface area contributed by atoms with Crippen LogP contribution in [0.25, 0.3) is 10.8 Å². The number of carbonyl (C=O) groups is 1. The van der Waals surface area contributed by atoms with Crippen LogP contribution >= 0.6 is 0 Å². The molecule has 3 N–H and O–H groups in total. The first-order chi connectivity index (χ1) is 15.8. The Balaban J connectivity index is 1.40. The van der Waals surface area contributed by atoms with Gasteiger partial charge in [-0.05, 0) is 66.9 Å². The maximum Gasteiger partial charge on any atom is 0.261 e. The lowest BCUT2D eigenvalue weighted by Gasteiger charge is -2.17. The number of hydrogen-bond donors (Lipinski definition) is 3. The van der Waals surface area contributed by atoms with Gasteiger partial charge in [0.25, 0.3) is 10.0 Å². The Kier molecular flexibility index (Phi) is 6.28. The molecule has 8 heteroatoms.